The molecule has 5 heteroatoms. The SMILES string of the molecule is CCNc1cccc(NCCc2nccn2C)n1. The largest absolute Gasteiger partial charge is 0.370 e. The third-order valence-electron chi connectivity index (χ3n) is 2.68. The molecule has 0 amide bonds. The van der Waals surface area contributed by atoms with E-state index in [1.54, 1.807) is 0 Å². The van der Waals surface area contributed by atoms with Crippen LogP contribution in [0.15, 0.2) is 30.6 Å². The van der Waals surface area contributed by atoms with E-state index >= 15 is 0 Å². The molecule has 96 valence electrons. The highest BCUT2D eigenvalue weighted by Crippen LogP contribution is 2.08. The minimum absolute atomic E-state index is 0.827. The van der Waals surface area contributed by atoms with Gasteiger partial charge < -0.3 is 15.2 Å². The Morgan fingerprint density at radius 2 is 2.00 bits per heavy atom. The van der Waals surface area contributed by atoms with Gasteiger partial charge in [0.25, 0.3) is 0 Å². The number of imidazole rings is 1. The Morgan fingerprint density at radius 1 is 1.22 bits per heavy atom. The minimum atomic E-state index is 0.827. The maximum Gasteiger partial charge on any atom is 0.128 e. The van der Waals surface area contributed by atoms with Crippen molar-refractivity contribution in [2.24, 2.45) is 7.05 Å². The molecule has 0 radical (unpaired) electrons. The molecule has 0 aliphatic heterocycles. The van der Waals surface area contributed by atoms with E-state index in [2.05, 4.69) is 27.5 Å². The summed E-state index contributed by atoms with van der Waals surface area (Å²) in [6.07, 6.45) is 4.66. The van der Waals surface area contributed by atoms with E-state index in [-0.39, 0.29) is 0 Å². The molecule has 0 atom stereocenters. The van der Waals surface area contributed by atoms with E-state index in [0.29, 0.717) is 0 Å². The highest BCUT2D eigenvalue weighted by molar-refractivity contribution is 5.44. The molecular weight excluding hydrogens is 226 g/mol. The van der Waals surface area contributed by atoms with Crippen molar-refractivity contribution in [2.75, 3.05) is 23.7 Å². The molecule has 2 aromatic rings. The summed E-state index contributed by atoms with van der Waals surface area (Å²) >= 11 is 0. The van der Waals surface area contributed by atoms with Gasteiger partial charge in [-0.3, -0.25) is 0 Å². The van der Waals surface area contributed by atoms with Crippen LogP contribution in [0.3, 0.4) is 0 Å². The number of aryl methyl sites for hydroxylation is 1. The van der Waals surface area contributed by atoms with E-state index < -0.39 is 0 Å². The summed E-state index contributed by atoms with van der Waals surface area (Å²) in [4.78, 5) is 8.74. The number of nitrogens with zero attached hydrogens (tertiary/aromatic N) is 3. The van der Waals surface area contributed by atoms with Crippen molar-refractivity contribution in [3.63, 3.8) is 0 Å². The zero-order valence-electron chi connectivity index (χ0n) is 10.8. The third kappa shape index (κ3) is 3.23. The molecule has 0 aliphatic rings. The molecule has 0 unspecified atom stereocenters. The van der Waals surface area contributed by atoms with Crippen molar-refractivity contribution in [2.45, 2.75) is 13.3 Å². The molecule has 2 rings (SSSR count). The number of nitrogens with one attached hydrogen (secondary N) is 2. The monoisotopic (exact) mass is 245 g/mol. The Labute approximate surface area is 107 Å². The first-order valence-electron chi connectivity index (χ1n) is 6.20. The molecule has 2 N–H and O–H groups in total. The van der Waals surface area contributed by atoms with E-state index in [1.165, 1.54) is 0 Å². The Balaban J connectivity index is 1.86. The van der Waals surface area contributed by atoms with Gasteiger partial charge in [0.1, 0.15) is 17.5 Å². The van der Waals surface area contributed by atoms with Gasteiger partial charge in [0.2, 0.25) is 0 Å². The predicted molar refractivity (Wildman–Crippen MR) is 73.8 cm³/mol. The van der Waals surface area contributed by atoms with Crippen LogP contribution in [-0.2, 0) is 13.5 Å². The molecule has 2 heterocycles. The molecule has 0 aliphatic carbocycles. The highest BCUT2D eigenvalue weighted by Gasteiger charge is 2.00. The second-order valence-electron chi connectivity index (χ2n) is 4.07. The van der Waals surface area contributed by atoms with Gasteiger partial charge in [0.05, 0.1) is 0 Å². The lowest BCUT2D eigenvalue weighted by Crippen LogP contribution is -2.10. The van der Waals surface area contributed by atoms with Crippen molar-refractivity contribution < 1.29 is 0 Å². The number of rotatable bonds is 6. The average Bonchev–Trinajstić information content (AvgIpc) is 2.76. The number of aromatic nitrogens is 3. The lowest BCUT2D eigenvalue weighted by molar-refractivity contribution is 0.788. The minimum Gasteiger partial charge on any atom is -0.370 e. The van der Waals surface area contributed by atoms with Gasteiger partial charge in [-0.1, -0.05) is 6.07 Å². The number of hydrogen-bond acceptors (Lipinski definition) is 4. The lowest BCUT2D eigenvalue weighted by Gasteiger charge is -2.08. The topological polar surface area (TPSA) is 54.8 Å². The van der Waals surface area contributed by atoms with Crippen molar-refractivity contribution in [1.82, 2.24) is 14.5 Å². The van der Waals surface area contributed by atoms with Crippen LogP contribution in [0.2, 0.25) is 0 Å². The van der Waals surface area contributed by atoms with Gasteiger partial charge >= 0.3 is 0 Å². The van der Waals surface area contributed by atoms with Crippen LogP contribution >= 0.6 is 0 Å². The van der Waals surface area contributed by atoms with Crippen LogP contribution in [0.25, 0.3) is 0 Å². The summed E-state index contributed by atoms with van der Waals surface area (Å²) in [6.45, 7) is 3.76. The van der Waals surface area contributed by atoms with Gasteiger partial charge in [-0.25, -0.2) is 9.97 Å². The Kier molecular flexibility index (Phi) is 4.17. The van der Waals surface area contributed by atoms with Gasteiger partial charge in [0.15, 0.2) is 0 Å². The van der Waals surface area contributed by atoms with Crippen LogP contribution in [0.4, 0.5) is 11.6 Å². The van der Waals surface area contributed by atoms with Crippen molar-refractivity contribution in [3.8, 4) is 0 Å². The van der Waals surface area contributed by atoms with Crippen LogP contribution in [0.5, 0.6) is 0 Å². The average molecular weight is 245 g/mol. The Bertz CT molecular complexity index is 492. The van der Waals surface area contributed by atoms with E-state index in [1.807, 2.05) is 42.2 Å². The van der Waals surface area contributed by atoms with Crippen LogP contribution in [-0.4, -0.2) is 27.6 Å². The highest BCUT2D eigenvalue weighted by atomic mass is 15.1. The first kappa shape index (κ1) is 12.4. The molecule has 0 fully saturated rings. The summed E-state index contributed by atoms with van der Waals surface area (Å²) in [7, 11) is 2.01. The summed E-state index contributed by atoms with van der Waals surface area (Å²) in [5.74, 6) is 2.87. The standard InChI is InChI=1S/C13H19N5/c1-3-14-11-5-4-6-12(17-11)15-8-7-13-16-9-10-18(13)2/h4-6,9-10H,3,7-8H2,1-2H3,(H2,14,15,17). The molecule has 0 saturated carbocycles. The van der Waals surface area contributed by atoms with Crippen LogP contribution in [0.1, 0.15) is 12.7 Å². The second-order valence-corrected chi connectivity index (χ2v) is 4.07. The molecule has 2 aromatic heterocycles. The Hall–Kier alpha value is -2.04. The molecule has 0 bridgehead atoms. The second kappa shape index (κ2) is 6.05. The van der Waals surface area contributed by atoms with E-state index in [4.69, 9.17) is 0 Å². The van der Waals surface area contributed by atoms with Gasteiger partial charge in [0, 0.05) is 39.0 Å². The van der Waals surface area contributed by atoms with Crippen LogP contribution in [0, 0.1) is 0 Å². The van der Waals surface area contributed by atoms with Gasteiger partial charge in [-0.05, 0) is 19.1 Å². The van der Waals surface area contributed by atoms with Crippen LogP contribution < -0.4 is 10.6 Å². The molecule has 0 spiro atoms. The number of anilines is 2. The summed E-state index contributed by atoms with van der Waals surface area (Å²) in [5, 5.41) is 6.50. The molecular formula is C13H19N5. The molecule has 0 aromatic carbocycles. The Morgan fingerprint density at radius 3 is 2.67 bits per heavy atom. The maximum absolute atomic E-state index is 4.45. The smallest absolute Gasteiger partial charge is 0.128 e. The normalized spacial score (nSPS) is 10.3. The lowest BCUT2D eigenvalue weighted by atomic mass is 10.3. The van der Waals surface area contributed by atoms with Gasteiger partial charge in [-0.2, -0.15) is 0 Å². The maximum atomic E-state index is 4.45. The van der Waals surface area contributed by atoms with E-state index in [0.717, 1.165) is 37.0 Å². The summed E-state index contributed by atoms with van der Waals surface area (Å²) in [5.41, 5.74) is 0. The van der Waals surface area contributed by atoms with E-state index in [9.17, 15) is 0 Å². The zero-order valence-corrected chi connectivity index (χ0v) is 10.8. The number of hydrogen-bond donors (Lipinski definition) is 2. The molecule has 0 saturated heterocycles. The first-order valence-corrected chi connectivity index (χ1v) is 6.20. The summed E-state index contributed by atoms with van der Waals surface area (Å²) in [6, 6.07) is 5.93. The zero-order chi connectivity index (χ0) is 12.8. The molecule has 5 nitrogen and oxygen atoms in total. The fraction of sp³-hybridized carbons (Fsp3) is 0.385. The first-order chi connectivity index (χ1) is 8.79. The molecule has 18 heavy (non-hydrogen) atoms. The van der Waals surface area contributed by atoms with Crippen molar-refractivity contribution >= 4 is 11.6 Å². The van der Waals surface area contributed by atoms with Crippen molar-refractivity contribution in [1.29, 1.82) is 0 Å². The quantitative estimate of drug-likeness (QED) is 0.816. The predicted octanol–water partition coefficient (Wildman–Crippen LogP) is 1.90. The summed E-state index contributed by atoms with van der Waals surface area (Å²) < 4.78 is 2.03. The number of pyridine rings is 1. The van der Waals surface area contributed by atoms with Crippen molar-refractivity contribution in [3.05, 3.63) is 36.4 Å². The fourth-order valence-electron chi connectivity index (χ4n) is 1.75. The van der Waals surface area contributed by atoms with Gasteiger partial charge in [-0.15, -0.1) is 0 Å². The third-order valence-corrected chi connectivity index (χ3v) is 2.68. The fourth-order valence-corrected chi connectivity index (χ4v) is 1.75.